The fraction of sp³-hybridized carbons (Fsp3) is 0.583. The van der Waals surface area contributed by atoms with Gasteiger partial charge in [-0.15, -0.1) is 0 Å². The van der Waals surface area contributed by atoms with Crippen molar-refractivity contribution in [1.82, 2.24) is 9.97 Å². The molecule has 0 N–H and O–H groups in total. The van der Waals surface area contributed by atoms with Gasteiger partial charge in [-0.3, -0.25) is 0 Å². The van der Waals surface area contributed by atoms with Crippen LogP contribution in [0.25, 0.3) is 0 Å². The van der Waals surface area contributed by atoms with Crippen LogP contribution in [0.5, 0.6) is 5.88 Å². The van der Waals surface area contributed by atoms with Crippen LogP contribution in [0.3, 0.4) is 0 Å². The number of esters is 1. The minimum absolute atomic E-state index is 0.257. The molecule has 0 bridgehead atoms. The first-order valence-electron chi connectivity index (χ1n) is 5.90. The lowest BCUT2D eigenvalue weighted by Crippen LogP contribution is -2.22. The van der Waals surface area contributed by atoms with Crippen LogP contribution in [0.1, 0.15) is 23.2 Å². The van der Waals surface area contributed by atoms with E-state index in [0.29, 0.717) is 12.5 Å². The number of carbonyl (C=O) groups excluding carboxylic acids is 1. The standard InChI is InChI=1S/C12H16N2O4/c1-16-12(15)10-6-13-8-14-11(10)18-7-9-2-4-17-5-3-9/h6,8-9H,2-5,7H2,1H3. The Labute approximate surface area is 105 Å². The van der Waals surface area contributed by atoms with Gasteiger partial charge in [0.1, 0.15) is 11.9 Å². The molecule has 2 heterocycles. The van der Waals surface area contributed by atoms with Gasteiger partial charge in [-0.2, -0.15) is 0 Å². The van der Waals surface area contributed by atoms with E-state index in [4.69, 9.17) is 9.47 Å². The number of hydrogen-bond acceptors (Lipinski definition) is 6. The van der Waals surface area contributed by atoms with Crippen molar-refractivity contribution in [3.63, 3.8) is 0 Å². The van der Waals surface area contributed by atoms with Gasteiger partial charge in [0.25, 0.3) is 0 Å². The number of hydrogen-bond donors (Lipinski definition) is 0. The van der Waals surface area contributed by atoms with Crippen molar-refractivity contribution in [2.75, 3.05) is 26.9 Å². The van der Waals surface area contributed by atoms with Gasteiger partial charge in [-0.05, 0) is 18.8 Å². The van der Waals surface area contributed by atoms with Crippen LogP contribution in [0.15, 0.2) is 12.5 Å². The maximum absolute atomic E-state index is 11.5. The van der Waals surface area contributed by atoms with E-state index in [1.165, 1.54) is 19.6 Å². The Morgan fingerprint density at radius 1 is 1.50 bits per heavy atom. The average molecular weight is 252 g/mol. The van der Waals surface area contributed by atoms with Crippen molar-refractivity contribution in [3.05, 3.63) is 18.1 Å². The van der Waals surface area contributed by atoms with Crippen molar-refractivity contribution in [3.8, 4) is 5.88 Å². The first-order valence-corrected chi connectivity index (χ1v) is 5.90. The van der Waals surface area contributed by atoms with Gasteiger partial charge in [-0.1, -0.05) is 0 Å². The van der Waals surface area contributed by atoms with Crippen molar-refractivity contribution in [2.24, 2.45) is 5.92 Å². The Hall–Kier alpha value is -1.69. The van der Waals surface area contributed by atoms with E-state index in [9.17, 15) is 4.79 Å². The van der Waals surface area contributed by atoms with Crippen molar-refractivity contribution in [1.29, 1.82) is 0 Å². The lowest BCUT2D eigenvalue weighted by atomic mass is 10.0. The largest absolute Gasteiger partial charge is 0.477 e. The maximum Gasteiger partial charge on any atom is 0.344 e. The van der Waals surface area contributed by atoms with E-state index in [0.717, 1.165) is 26.1 Å². The molecule has 0 unspecified atom stereocenters. The molecular weight excluding hydrogens is 236 g/mol. The summed E-state index contributed by atoms with van der Waals surface area (Å²) in [4.78, 5) is 19.2. The second-order valence-electron chi connectivity index (χ2n) is 4.10. The normalized spacial score (nSPS) is 16.3. The first kappa shape index (κ1) is 12.8. The van der Waals surface area contributed by atoms with Gasteiger partial charge in [-0.25, -0.2) is 14.8 Å². The average Bonchev–Trinajstić information content (AvgIpc) is 2.45. The van der Waals surface area contributed by atoms with Gasteiger partial charge >= 0.3 is 5.97 Å². The summed E-state index contributed by atoms with van der Waals surface area (Å²) < 4.78 is 15.5. The van der Waals surface area contributed by atoms with Crippen molar-refractivity contribution < 1.29 is 19.0 Å². The van der Waals surface area contributed by atoms with E-state index >= 15 is 0 Å². The number of aromatic nitrogens is 2. The third kappa shape index (κ3) is 3.16. The van der Waals surface area contributed by atoms with Gasteiger partial charge in [0.05, 0.1) is 13.7 Å². The quantitative estimate of drug-likeness (QED) is 0.746. The highest BCUT2D eigenvalue weighted by Crippen LogP contribution is 2.19. The van der Waals surface area contributed by atoms with Gasteiger partial charge in [0.2, 0.25) is 5.88 Å². The van der Waals surface area contributed by atoms with E-state index < -0.39 is 5.97 Å². The molecule has 18 heavy (non-hydrogen) atoms. The Morgan fingerprint density at radius 3 is 3.00 bits per heavy atom. The van der Waals surface area contributed by atoms with Crippen LogP contribution in [0.4, 0.5) is 0 Å². The molecule has 0 aromatic carbocycles. The summed E-state index contributed by atoms with van der Waals surface area (Å²) in [6, 6.07) is 0. The smallest absolute Gasteiger partial charge is 0.344 e. The third-order valence-electron chi connectivity index (χ3n) is 2.88. The second-order valence-corrected chi connectivity index (χ2v) is 4.10. The van der Waals surface area contributed by atoms with E-state index in [2.05, 4.69) is 14.7 Å². The Balaban J connectivity index is 1.97. The molecule has 6 heteroatoms. The molecule has 98 valence electrons. The highest BCUT2D eigenvalue weighted by atomic mass is 16.5. The highest BCUT2D eigenvalue weighted by molar-refractivity contribution is 5.91. The first-order chi connectivity index (χ1) is 8.81. The van der Waals surface area contributed by atoms with Crippen LogP contribution in [0, 0.1) is 5.92 Å². The van der Waals surface area contributed by atoms with Crippen molar-refractivity contribution >= 4 is 5.97 Å². The lowest BCUT2D eigenvalue weighted by molar-refractivity contribution is 0.0475. The van der Waals surface area contributed by atoms with Crippen LogP contribution >= 0.6 is 0 Å². The van der Waals surface area contributed by atoms with Crippen LogP contribution in [0.2, 0.25) is 0 Å². The molecule has 0 atom stereocenters. The number of rotatable bonds is 4. The van der Waals surface area contributed by atoms with Gasteiger partial charge < -0.3 is 14.2 Å². The third-order valence-corrected chi connectivity index (χ3v) is 2.88. The lowest BCUT2D eigenvalue weighted by Gasteiger charge is -2.22. The predicted octanol–water partition coefficient (Wildman–Crippen LogP) is 1.07. The molecule has 0 aliphatic carbocycles. The molecule has 1 aliphatic heterocycles. The fourth-order valence-electron chi connectivity index (χ4n) is 1.79. The zero-order valence-corrected chi connectivity index (χ0v) is 10.3. The minimum atomic E-state index is -0.488. The molecule has 1 aromatic rings. The monoisotopic (exact) mass is 252 g/mol. The van der Waals surface area contributed by atoms with Crippen LogP contribution < -0.4 is 4.74 Å². The predicted molar refractivity (Wildman–Crippen MR) is 62.4 cm³/mol. The molecule has 1 saturated heterocycles. The second kappa shape index (κ2) is 6.30. The van der Waals surface area contributed by atoms with Gasteiger partial charge in [0.15, 0.2) is 0 Å². The maximum atomic E-state index is 11.5. The summed E-state index contributed by atoms with van der Waals surface area (Å²) in [6.07, 6.45) is 4.70. The molecule has 2 rings (SSSR count). The van der Waals surface area contributed by atoms with E-state index in [1.807, 2.05) is 0 Å². The summed E-state index contributed by atoms with van der Waals surface area (Å²) in [6.45, 7) is 2.06. The Kier molecular flexibility index (Phi) is 4.46. The summed E-state index contributed by atoms with van der Waals surface area (Å²) in [5.41, 5.74) is 0.257. The summed E-state index contributed by atoms with van der Waals surface area (Å²) in [7, 11) is 1.32. The molecular formula is C12H16N2O4. The van der Waals surface area contributed by atoms with Crippen LogP contribution in [-0.2, 0) is 9.47 Å². The fourth-order valence-corrected chi connectivity index (χ4v) is 1.79. The highest BCUT2D eigenvalue weighted by Gasteiger charge is 2.18. The molecule has 6 nitrogen and oxygen atoms in total. The molecule has 0 spiro atoms. The van der Waals surface area contributed by atoms with E-state index in [-0.39, 0.29) is 11.4 Å². The molecule has 1 aliphatic rings. The van der Waals surface area contributed by atoms with Crippen LogP contribution in [-0.4, -0.2) is 42.9 Å². The zero-order chi connectivity index (χ0) is 12.8. The molecule has 1 fully saturated rings. The molecule has 0 saturated carbocycles. The Morgan fingerprint density at radius 2 is 2.28 bits per heavy atom. The SMILES string of the molecule is COC(=O)c1cncnc1OCC1CCOCC1. The minimum Gasteiger partial charge on any atom is -0.477 e. The number of ether oxygens (including phenoxy) is 3. The summed E-state index contributed by atoms with van der Waals surface area (Å²) >= 11 is 0. The molecule has 0 amide bonds. The van der Waals surface area contributed by atoms with E-state index in [1.54, 1.807) is 0 Å². The number of carbonyl (C=O) groups is 1. The topological polar surface area (TPSA) is 70.5 Å². The molecule has 0 radical (unpaired) electrons. The zero-order valence-electron chi connectivity index (χ0n) is 10.3. The summed E-state index contributed by atoms with van der Waals surface area (Å²) in [5.74, 6) is 0.236. The molecule has 1 aromatic heterocycles. The number of methoxy groups -OCH3 is 1. The van der Waals surface area contributed by atoms with Gasteiger partial charge in [0, 0.05) is 19.4 Å². The summed E-state index contributed by atoms with van der Waals surface area (Å²) in [5, 5.41) is 0. The van der Waals surface area contributed by atoms with Crippen molar-refractivity contribution in [2.45, 2.75) is 12.8 Å². The Bertz CT molecular complexity index is 405. The number of nitrogens with zero attached hydrogens (tertiary/aromatic N) is 2.